The molecule has 2 aromatic rings. The molecule has 0 fully saturated rings. The first kappa shape index (κ1) is 12.0. The number of fused-ring (bicyclic) bond motifs is 1. The number of hydrogen-bond acceptors (Lipinski definition) is 5. The van der Waals surface area contributed by atoms with Crippen LogP contribution in [0.25, 0.3) is 5.78 Å². The van der Waals surface area contributed by atoms with Gasteiger partial charge in [0.2, 0.25) is 5.78 Å². The van der Waals surface area contributed by atoms with E-state index in [9.17, 15) is 9.59 Å². The molecule has 0 unspecified atom stereocenters. The van der Waals surface area contributed by atoms with Gasteiger partial charge >= 0.3 is 5.97 Å². The molecule has 2 heterocycles. The molecule has 0 N–H and O–H groups in total. The van der Waals surface area contributed by atoms with Crippen molar-refractivity contribution in [3.05, 3.63) is 38.1 Å². The minimum absolute atomic E-state index is 0.0897. The summed E-state index contributed by atoms with van der Waals surface area (Å²) < 4.78 is 6.78. The highest BCUT2D eigenvalue weighted by atomic mass is 127. The van der Waals surface area contributed by atoms with Crippen molar-refractivity contribution in [2.75, 3.05) is 6.61 Å². The maximum Gasteiger partial charge on any atom is 0.345 e. The van der Waals surface area contributed by atoms with Crippen molar-refractivity contribution in [2.45, 2.75) is 6.92 Å². The number of carbonyl (C=O) groups is 1. The van der Waals surface area contributed by atoms with Gasteiger partial charge in [0.15, 0.2) is 0 Å². The lowest BCUT2D eigenvalue weighted by Crippen LogP contribution is -2.24. The molecule has 0 aromatic carbocycles. The molecule has 17 heavy (non-hydrogen) atoms. The largest absolute Gasteiger partial charge is 0.462 e. The van der Waals surface area contributed by atoms with Crippen LogP contribution in [0.5, 0.6) is 0 Å². The Morgan fingerprint density at radius 1 is 1.47 bits per heavy atom. The van der Waals surface area contributed by atoms with Crippen molar-refractivity contribution in [2.24, 2.45) is 0 Å². The van der Waals surface area contributed by atoms with Gasteiger partial charge < -0.3 is 4.74 Å². The van der Waals surface area contributed by atoms with Crippen LogP contribution in [0.2, 0.25) is 0 Å². The quantitative estimate of drug-likeness (QED) is 0.597. The summed E-state index contributed by atoms with van der Waals surface area (Å²) in [6.07, 6.45) is 4.35. The number of hydrogen-bond donors (Lipinski definition) is 0. The van der Waals surface area contributed by atoms with E-state index in [1.165, 1.54) is 10.6 Å². The molecule has 0 amide bonds. The van der Waals surface area contributed by atoms with Crippen molar-refractivity contribution >= 4 is 34.3 Å². The fraction of sp³-hybridized carbons (Fsp3) is 0.200. The third kappa shape index (κ3) is 2.28. The highest BCUT2D eigenvalue weighted by molar-refractivity contribution is 14.1. The fourth-order valence-electron chi connectivity index (χ4n) is 1.30. The Bertz CT molecular complexity index is 638. The van der Waals surface area contributed by atoms with E-state index in [4.69, 9.17) is 4.74 Å². The normalized spacial score (nSPS) is 10.5. The topological polar surface area (TPSA) is 73.6 Å². The highest BCUT2D eigenvalue weighted by Crippen LogP contribution is 2.02. The van der Waals surface area contributed by atoms with Crippen LogP contribution in [-0.2, 0) is 4.74 Å². The van der Waals surface area contributed by atoms with Gasteiger partial charge in [0.1, 0.15) is 5.56 Å². The Hall–Kier alpha value is -1.51. The first-order chi connectivity index (χ1) is 8.13. The first-order valence-electron chi connectivity index (χ1n) is 4.83. The van der Waals surface area contributed by atoms with Crippen LogP contribution < -0.4 is 5.56 Å². The van der Waals surface area contributed by atoms with E-state index in [0.29, 0.717) is 0 Å². The van der Waals surface area contributed by atoms with Gasteiger partial charge in [-0.25, -0.2) is 14.8 Å². The molecule has 2 rings (SSSR count). The Labute approximate surface area is 110 Å². The van der Waals surface area contributed by atoms with Gasteiger partial charge in [-0.1, -0.05) is 0 Å². The zero-order valence-electron chi connectivity index (χ0n) is 8.88. The molecule has 2 aromatic heterocycles. The SMILES string of the molecule is CCOC(=O)c1cnc2ncc(I)cn2c1=O. The molecule has 0 bridgehead atoms. The third-order valence-electron chi connectivity index (χ3n) is 2.02. The molecule has 0 saturated carbocycles. The monoisotopic (exact) mass is 345 g/mol. The van der Waals surface area contributed by atoms with Gasteiger partial charge in [0.25, 0.3) is 5.56 Å². The summed E-state index contributed by atoms with van der Waals surface area (Å²) in [5.41, 5.74) is -0.562. The van der Waals surface area contributed by atoms with Crippen molar-refractivity contribution in [1.82, 2.24) is 14.4 Å². The van der Waals surface area contributed by atoms with E-state index >= 15 is 0 Å². The van der Waals surface area contributed by atoms with E-state index in [0.717, 1.165) is 3.57 Å². The van der Waals surface area contributed by atoms with E-state index in [2.05, 4.69) is 9.97 Å². The number of halogens is 1. The van der Waals surface area contributed by atoms with Crippen LogP contribution in [0.15, 0.2) is 23.4 Å². The van der Waals surface area contributed by atoms with Crippen molar-refractivity contribution in [3.63, 3.8) is 0 Å². The van der Waals surface area contributed by atoms with E-state index < -0.39 is 11.5 Å². The summed E-state index contributed by atoms with van der Waals surface area (Å²) in [6, 6.07) is 0. The van der Waals surface area contributed by atoms with Crippen LogP contribution in [0, 0.1) is 3.57 Å². The highest BCUT2D eigenvalue weighted by Gasteiger charge is 2.14. The Morgan fingerprint density at radius 2 is 2.18 bits per heavy atom. The van der Waals surface area contributed by atoms with E-state index in [1.54, 1.807) is 19.3 Å². The molecule has 7 heteroatoms. The zero-order valence-corrected chi connectivity index (χ0v) is 11.0. The molecule has 0 spiro atoms. The summed E-state index contributed by atoms with van der Waals surface area (Å²) in [5, 5.41) is 0. The predicted octanol–water partition coefficient (Wildman–Crippen LogP) is 0.871. The lowest BCUT2D eigenvalue weighted by Gasteiger charge is -2.03. The van der Waals surface area contributed by atoms with Crippen LogP contribution in [0.1, 0.15) is 17.3 Å². The van der Waals surface area contributed by atoms with Gasteiger partial charge in [-0.3, -0.25) is 9.20 Å². The Balaban J connectivity index is 2.65. The summed E-state index contributed by atoms with van der Waals surface area (Å²) in [5.74, 6) is -0.415. The molecular formula is C10H8IN3O3. The van der Waals surface area contributed by atoms with Crippen molar-refractivity contribution in [3.8, 4) is 0 Å². The van der Waals surface area contributed by atoms with Gasteiger partial charge in [0, 0.05) is 16.0 Å². The average molecular weight is 345 g/mol. The van der Waals surface area contributed by atoms with Crippen LogP contribution in [0.4, 0.5) is 0 Å². The van der Waals surface area contributed by atoms with Crippen molar-refractivity contribution in [1.29, 1.82) is 0 Å². The molecule has 0 radical (unpaired) electrons. The lowest BCUT2D eigenvalue weighted by atomic mass is 10.3. The molecule has 0 aliphatic heterocycles. The average Bonchev–Trinajstić information content (AvgIpc) is 2.30. The fourth-order valence-corrected chi connectivity index (χ4v) is 1.71. The minimum atomic E-state index is -0.668. The van der Waals surface area contributed by atoms with Gasteiger partial charge in [0.05, 0.1) is 12.8 Å². The number of carbonyl (C=O) groups excluding carboxylic acids is 1. The maximum atomic E-state index is 12.0. The Kier molecular flexibility index (Phi) is 3.36. The number of aromatic nitrogens is 3. The van der Waals surface area contributed by atoms with Crippen LogP contribution >= 0.6 is 22.6 Å². The number of nitrogens with zero attached hydrogens (tertiary/aromatic N) is 3. The van der Waals surface area contributed by atoms with Gasteiger partial charge in [-0.2, -0.15) is 0 Å². The minimum Gasteiger partial charge on any atom is -0.462 e. The van der Waals surface area contributed by atoms with Gasteiger partial charge in [-0.15, -0.1) is 0 Å². The lowest BCUT2D eigenvalue weighted by molar-refractivity contribution is 0.0523. The first-order valence-corrected chi connectivity index (χ1v) is 5.91. The number of rotatable bonds is 2. The Morgan fingerprint density at radius 3 is 2.88 bits per heavy atom. The molecule has 88 valence electrons. The van der Waals surface area contributed by atoms with Crippen LogP contribution in [0.3, 0.4) is 0 Å². The standard InChI is InChI=1S/C10H8IN3O3/c1-2-17-9(16)7-4-13-10-12-3-6(11)5-14(10)8(7)15/h3-5H,2H2,1H3. The second-order valence-corrected chi connectivity index (χ2v) is 4.39. The molecule has 0 atom stereocenters. The summed E-state index contributed by atoms with van der Waals surface area (Å²) in [6.45, 7) is 1.89. The molecular weight excluding hydrogens is 337 g/mol. The molecule has 0 aliphatic carbocycles. The molecule has 0 aliphatic rings. The smallest absolute Gasteiger partial charge is 0.345 e. The summed E-state index contributed by atoms with van der Waals surface area (Å²) in [4.78, 5) is 31.4. The third-order valence-corrected chi connectivity index (χ3v) is 2.58. The molecule has 6 nitrogen and oxygen atoms in total. The van der Waals surface area contributed by atoms with Crippen LogP contribution in [-0.4, -0.2) is 26.9 Å². The maximum absolute atomic E-state index is 12.0. The van der Waals surface area contributed by atoms with E-state index in [-0.39, 0.29) is 17.9 Å². The predicted molar refractivity (Wildman–Crippen MR) is 67.9 cm³/mol. The molecule has 0 saturated heterocycles. The van der Waals surface area contributed by atoms with Crippen molar-refractivity contribution < 1.29 is 9.53 Å². The summed E-state index contributed by atoms with van der Waals surface area (Å²) in [7, 11) is 0. The van der Waals surface area contributed by atoms with Gasteiger partial charge in [-0.05, 0) is 29.5 Å². The summed E-state index contributed by atoms with van der Waals surface area (Å²) >= 11 is 2.02. The zero-order chi connectivity index (χ0) is 12.4. The second kappa shape index (κ2) is 4.78. The second-order valence-electron chi connectivity index (χ2n) is 3.14. The van der Waals surface area contributed by atoms with E-state index in [1.807, 2.05) is 22.6 Å². The number of ether oxygens (including phenoxy) is 1. The number of esters is 1.